The highest BCUT2D eigenvalue weighted by Gasteiger charge is 2.24. The van der Waals surface area contributed by atoms with Crippen LogP contribution >= 0.6 is 0 Å². The van der Waals surface area contributed by atoms with E-state index in [4.69, 9.17) is 4.74 Å². The van der Waals surface area contributed by atoms with Crippen molar-refractivity contribution in [1.29, 1.82) is 0 Å². The van der Waals surface area contributed by atoms with Crippen LogP contribution in [-0.4, -0.2) is 47.4 Å². The quantitative estimate of drug-likeness (QED) is 0.865. The Labute approximate surface area is 153 Å². The summed E-state index contributed by atoms with van der Waals surface area (Å²) in [5.41, 5.74) is 0.608. The molecule has 0 bridgehead atoms. The molecule has 1 fully saturated rings. The first kappa shape index (κ1) is 17.9. The molecule has 0 saturated carbocycles. The summed E-state index contributed by atoms with van der Waals surface area (Å²) >= 11 is 0. The van der Waals surface area contributed by atoms with Crippen LogP contribution in [0.2, 0.25) is 0 Å². The number of amides is 2. The Hall–Kier alpha value is -2.89. The van der Waals surface area contributed by atoms with E-state index in [0.717, 1.165) is 18.6 Å². The molecule has 1 saturated heterocycles. The molecule has 2 amide bonds. The average Bonchev–Trinajstić information content (AvgIpc) is 2.70. The van der Waals surface area contributed by atoms with Gasteiger partial charge in [-0.2, -0.15) is 0 Å². The number of benzene rings is 1. The highest BCUT2D eigenvalue weighted by Crippen LogP contribution is 2.13. The number of hydrogen-bond donors (Lipinski definition) is 1. The van der Waals surface area contributed by atoms with Crippen LogP contribution in [-0.2, 0) is 4.79 Å². The second-order valence-corrected chi connectivity index (χ2v) is 6.28. The number of para-hydroxylation sites is 1. The molecule has 136 valence electrons. The SMILES string of the molecule is O=C(NC1CCN(C(=O)CCOc2ccccc2)CC1)c1ccncc1. The molecular weight excluding hydrogens is 330 g/mol. The lowest BCUT2D eigenvalue weighted by Gasteiger charge is -2.32. The Bertz CT molecular complexity index is 714. The van der Waals surface area contributed by atoms with Crippen LogP contribution in [0.5, 0.6) is 5.75 Å². The third kappa shape index (κ3) is 5.05. The fourth-order valence-electron chi connectivity index (χ4n) is 2.98. The third-order valence-electron chi connectivity index (χ3n) is 4.45. The maximum absolute atomic E-state index is 12.3. The number of rotatable bonds is 6. The molecule has 3 rings (SSSR count). The topological polar surface area (TPSA) is 71.5 Å². The predicted molar refractivity (Wildman–Crippen MR) is 97.9 cm³/mol. The molecule has 1 aromatic carbocycles. The maximum atomic E-state index is 12.3. The van der Waals surface area contributed by atoms with Gasteiger partial charge in [0, 0.05) is 37.1 Å². The molecule has 0 radical (unpaired) electrons. The van der Waals surface area contributed by atoms with E-state index in [2.05, 4.69) is 10.3 Å². The zero-order valence-electron chi connectivity index (χ0n) is 14.6. The molecule has 6 heteroatoms. The van der Waals surface area contributed by atoms with Crippen LogP contribution in [0.3, 0.4) is 0 Å². The van der Waals surface area contributed by atoms with Crippen LogP contribution in [0.4, 0.5) is 0 Å². The van der Waals surface area contributed by atoms with Crippen LogP contribution in [0, 0.1) is 0 Å². The molecule has 0 aliphatic carbocycles. The maximum Gasteiger partial charge on any atom is 0.251 e. The highest BCUT2D eigenvalue weighted by molar-refractivity contribution is 5.94. The van der Waals surface area contributed by atoms with Crippen molar-refractivity contribution in [1.82, 2.24) is 15.2 Å². The summed E-state index contributed by atoms with van der Waals surface area (Å²) in [5, 5.41) is 3.03. The van der Waals surface area contributed by atoms with Gasteiger partial charge in [0.15, 0.2) is 0 Å². The van der Waals surface area contributed by atoms with E-state index in [1.807, 2.05) is 35.2 Å². The smallest absolute Gasteiger partial charge is 0.251 e. The van der Waals surface area contributed by atoms with Gasteiger partial charge in [0.1, 0.15) is 5.75 Å². The lowest BCUT2D eigenvalue weighted by molar-refractivity contribution is -0.132. The number of likely N-dealkylation sites (tertiary alicyclic amines) is 1. The van der Waals surface area contributed by atoms with Gasteiger partial charge in [0.2, 0.25) is 5.91 Å². The Morgan fingerprint density at radius 3 is 2.46 bits per heavy atom. The van der Waals surface area contributed by atoms with Gasteiger partial charge in [-0.3, -0.25) is 14.6 Å². The van der Waals surface area contributed by atoms with Crippen molar-refractivity contribution in [2.45, 2.75) is 25.3 Å². The van der Waals surface area contributed by atoms with Crippen molar-refractivity contribution in [3.8, 4) is 5.75 Å². The third-order valence-corrected chi connectivity index (χ3v) is 4.45. The predicted octanol–water partition coefficient (Wildman–Crippen LogP) is 2.27. The zero-order valence-corrected chi connectivity index (χ0v) is 14.6. The van der Waals surface area contributed by atoms with Crippen molar-refractivity contribution < 1.29 is 14.3 Å². The second-order valence-electron chi connectivity index (χ2n) is 6.28. The molecule has 0 atom stereocenters. The van der Waals surface area contributed by atoms with Crippen molar-refractivity contribution >= 4 is 11.8 Å². The average molecular weight is 353 g/mol. The summed E-state index contributed by atoms with van der Waals surface area (Å²) in [6.45, 7) is 1.69. The summed E-state index contributed by atoms with van der Waals surface area (Å²) in [7, 11) is 0. The number of pyridine rings is 1. The first-order valence-corrected chi connectivity index (χ1v) is 8.89. The second kappa shape index (κ2) is 8.99. The molecule has 0 unspecified atom stereocenters. The Balaban J connectivity index is 1.37. The monoisotopic (exact) mass is 353 g/mol. The standard InChI is InChI=1S/C20H23N3O3/c24-19(10-15-26-18-4-2-1-3-5-18)23-13-8-17(9-14-23)22-20(25)16-6-11-21-12-7-16/h1-7,11-12,17H,8-10,13-15H2,(H,22,25). The van der Waals surface area contributed by atoms with Gasteiger partial charge in [-0.25, -0.2) is 0 Å². The minimum Gasteiger partial charge on any atom is -0.493 e. The fourth-order valence-corrected chi connectivity index (χ4v) is 2.98. The van der Waals surface area contributed by atoms with E-state index in [1.165, 1.54) is 0 Å². The number of hydrogen-bond acceptors (Lipinski definition) is 4. The molecule has 2 aromatic rings. The summed E-state index contributed by atoms with van der Waals surface area (Å²) in [4.78, 5) is 30.2. The van der Waals surface area contributed by atoms with Gasteiger partial charge in [0.05, 0.1) is 13.0 Å². The normalized spacial score (nSPS) is 14.7. The van der Waals surface area contributed by atoms with Crippen molar-refractivity contribution in [2.24, 2.45) is 0 Å². The van der Waals surface area contributed by atoms with Gasteiger partial charge in [-0.05, 0) is 37.1 Å². The van der Waals surface area contributed by atoms with E-state index in [1.54, 1.807) is 24.5 Å². The lowest BCUT2D eigenvalue weighted by Crippen LogP contribution is -2.46. The number of carbonyl (C=O) groups excluding carboxylic acids is 2. The Morgan fingerprint density at radius 1 is 1.08 bits per heavy atom. The molecule has 6 nitrogen and oxygen atoms in total. The first-order chi connectivity index (χ1) is 12.7. The van der Waals surface area contributed by atoms with Crippen molar-refractivity contribution in [3.05, 3.63) is 60.4 Å². The zero-order chi connectivity index (χ0) is 18.2. The number of ether oxygens (including phenoxy) is 1. The Kier molecular flexibility index (Phi) is 6.19. The number of nitrogens with zero attached hydrogens (tertiary/aromatic N) is 2. The van der Waals surface area contributed by atoms with Gasteiger partial charge in [-0.15, -0.1) is 0 Å². The van der Waals surface area contributed by atoms with Crippen molar-refractivity contribution in [2.75, 3.05) is 19.7 Å². The largest absolute Gasteiger partial charge is 0.493 e. The first-order valence-electron chi connectivity index (χ1n) is 8.89. The molecule has 1 aliphatic rings. The van der Waals surface area contributed by atoms with Crippen LogP contribution in [0.15, 0.2) is 54.9 Å². The summed E-state index contributed by atoms with van der Waals surface area (Å²) in [6, 6.07) is 13.0. The van der Waals surface area contributed by atoms with E-state index in [9.17, 15) is 9.59 Å². The van der Waals surface area contributed by atoms with Crippen LogP contribution in [0.1, 0.15) is 29.6 Å². The minimum atomic E-state index is -0.0894. The summed E-state index contributed by atoms with van der Waals surface area (Å²) in [6.07, 6.45) is 5.11. The van der Waals surface area contributed by atoms with E-state index >= 15 is 0 Å². The molecular formula is C20H23N3O3. The molecule has 26 heavy (non-hydrogen) atoms. The van der Waals surface area contributed by atoms with Gasteiger partial charge >= 0.3 is 0 Å². The molecule has 0 spiro atoms. The minimum absolute atomic E-state index is 0.0894. The molecule has 1 N–H and O–H groups in total. The number of nitrogens with one attached hydrogen (secondary N) is 1. The van der Waals surface area contributed by atoms with Gasteiger partial charge < -0.3 is 15.0 Å². The molecule has 1 aromatic heterocycles. The molecule has 1 aliphatic heterocycles. The number of aromatic nitrogens is 1. The van der Waals surface area contributed by atoms with Gasteiger partial charge in [0.25, 0.3) is 5.91 Å². The van der Waals surface area contributed by atoms with Gasteiger partial charge in [-0.1, -0.05) is 18.2 Å². The van der Waals surface area contributed by atoms with Crippen LogP contribution in [0.25, 0.3) is 0 Å². The fraction of sp³-hybridized carbons (Fsp3) is 0.350. The summed E-state index contributed by atoms with van der Waals surface area (Å²) < 4.78 is 5.58. The molecule has 2 heterocycles. The lowest BCUT2D eigenvalue weighted by atomic mass is 10.0. The van der Waals surface area contributed by atoms with Crippen molar-refractivity contribution in [3.63, 3.8) is 0 Å². The Morgan fingerprint density at radius 2 is 1.77 bits per heavy atom. The van der Waals surface area contributed by atoms with E-state index < -0.39 is 0 Å². The van der Waals surface area contributed by atoms with Crippen LogP contribution < -0.4 is 10.1 Å². The van der Waals surface area contributed by atoms with E-state index in [0.29, 0.717) is 31.7 Å². The number of piperidine rings is 1. The van der Waals surface area contributed by atoms with E-state index in [-0.39, 0.29) is 17.9 Å². The summed E-state index contributed by atoms with van der Waals surface area (Å²) in [5.74, 6) is 0.783. The highest BCUT2D eigenvalue weighted by atomic mass is 16.5. The number of carbonyl (C=O) groups is 2.